The summed E-state index contributed by atoms with van der Waals surface area (Å²) < 4.78 is 11.6. The molecule has 18 heavy (non-hydrogen) atoms. The van der Waals surface area contributed by atoms with Gasteiger partial charge in [0.25, 0.3) is 0 Å². The van der Waals surface area contributed by atoms with E-state index in [1.165, 1.54) is 18.4 Å². The minimum absolute atomic E-state index is 0.215. The van der Waals surface area contributed by atoms with Crippen molar-refractivity contribution in [3.63, 3.8) is 0 Å². The number of ether oxygens (including phenoxy) is 2. The summed E-state index contributed by atoms with van der Waals surface area (Å²) >= 11 is 0. The van der Waals surface area contributed by atoms with Gasteiger partial charge in [0.05, 0.1) is 13.2 Å². The molecule has 1 aromatic carbocycles. The Hall–Kier alpha value is -0.860. The molecule has 1 spiro atoms. The highest BCUT2D eigenvalue weighted by molar-refractivity contribution is 5.19. The lowest BCUT2D eigenvalue weighted by Crippen LogP contribution is -2.36. The molecule has 0 radical (unpaired) electrons. The van der Waals surface area contributed by atoms with Crippen molar-refractivity contribution in [2.75, 3.05) is 13.2 Å². The van der Waals surface area contributed by atoms with E-state index in [-0.39, 0.29) is 5.79 Å². The van der Waals surface area contributed by atoms with Crippen LogP contribution in [0.15, 0.2) is 30.3 Å². The fourth-order valence-electron chi connectivity index (χ4n) is 3.39. The Bertz CT molecular complexity index is 371. The Morgan fingerprint density at radius 1 is 1.06 bits per heavy atom. The van der Waals surface area contributed by atoms with Gasteiger partial charge < -0.3 is 9.47 Å². The summed E-state index contributed by atoms with van der Waals surface area (Å²) in [5.74, 6) is 1.20. The van der Waals surface area contributed by atoms with Crippen molar-refractivity contribution in [1.82, 2.24) is 0 Å². The van der Waals surface area contributed by atoms with E-state index in [0.29, 0.717) is 5.92 Å². The Morgan fingerprint density at radius 2 is 1.67 bits per heavy atom. The van der Waals surface area contributed by atoms with Crippen LogP contribution in [0.2, 0.25) is 0 Å². The average Bonchev–Trinajstić information content (AvgIpc) is 2.88. The van der Waals surface area contributed by atoms with Gasteiger partial charge in [-0.2, -0.15) is 0 Å². The van der Waals surface area contributed by atoms with E-state index in [1.807, 2.05) is 0 Å². The number of hydrogen-bond donors (Lipinski definition) is 0. The maximum atomic E-state index is 5.79. The third-order valence-electron chi connectivity index (χ3n) is 4.64. The third kappa shape index (κ3) is 2.32. The first-order chi connectivity index (χ1) is 8.79. The molecular weight excluding hydrogens is 224 g/mol. The molecule has 1 heterocycles. The number of hydrogen-bond acceptors (Lipinski definition) is 2. The Labute approximate surface area is 109 Å². The quantitative estimate of drug-likeness (QED) is 0.791. The van der Waals surface area contributed by atoms with E-state index < -0.39 is 0 Å². The predicted octanol–water partition coefficient (Wildman–Crippen LogP) is 3.72. The second-order valence-electron chi connectivity index (χ2n) is 5.64. The molecule has 1 aliphatic carbocycles. The van der Waals surface area contributed by atoms with Crippen LogP contribution < -0.4 is 0 Å². The van der Waals surface area contributed by atoms with Gasteiger partial charge in [-0.15, -0.1) is 0 Å². The van der Waals surface area contributed by atoms with Crippen LogP contribution in [-0.4, -0.2) is 19.0 Å². The Morgan fingerprint density at radius 3 is 2.28 bits per heavy atom. The topological polar surface area (TPSA) is 18.5 Å². The smallest absolute Gasteiger partial charge is 0.168 e. The van der Waals surface area contributed by atoms with Crippen LogP contribution in [0.4, 0.5) is 0 Å². The molecule has 1 saturated heterocycles. The molecule has 1 unspecified atom stereocenters. The molecule has 0 amide bonds. The summed E-state index contributed by atoms with van der Waals surface area (Å²) in [6.45, 7) is 3.91. The standard InChI is InChI=1S/C16H22O2/c1-13(14-5-3-2-4-6-14)15-7-9-16(10-8-15)17-11-12-18-16/h2-6,13,15H,7-12H2,1H3. The van der Waals surface area contributed by atoms with Crippen molar-refractivity contribution in [1.29, 1.82) is 0 Å². The first kappa shape index (κ1) is 12.2. The van der Waals surface area contributed by atoms with Gasteiger partial charge in [-0.1, -0.05) is 37.3 Å². The molecule has 0 aromatic heterocycles. The first-order valence-electron chi connectivity index (χ1n) is 7.12. The molecule has 98 valence electrons. The Kier molecular flexibility index (Phi) is 3.40. The van der Waals surface area contributed by atoms with Crippen molar-refractivity contribution in [3.8, 4) is 0 Å². The number of rotatable bonds is 2. The molecule has 2 aliphatic rings. The lowest BCUT2D eigenvalue weighted by molar-refractivity contribution is -0.183. The van der Waals surface area contributed by atoms with Crippen LogP contribution in [0, 0.1) is 5.92 Å². The van der Waals surface area contributed by atoms with Crippen LogP contribution in [-0.2, 0) is 9.47 Å². The molecule has 2 fully saturated rings. The second-order valence-corrected chi connectivity index (χ2v) is 5.64. The maximum Gasteiger partial charge on any atom is 0.168 e. The zero-order valence-corrected chi connectivity index (χ0v) is 11.1. The second kappa shape index (κ2) is 5.02. The molecule has 0 bridgehead atoms. The summed E-state index contributed by atoms with van der Waals surface area (Å²) in [5, 5.41) is 0. The van der Waals surface area contributed by atoms with Gasteiger partial charge in [0, 0.05) is 12.8 Å². The van der Waals surface area contributed by atoms with E-state index in [1.54, 1.807) is 0 Å². The van der Waals surface area contributed by atoms with Gasteiger partial charge in [-0.3, -0.25) is 0 Å². The van der Waals surface area contributed by atoms with Crippen LogP contribution in [0.1, 0.15) is 44.1 Å². The lowest BCUT2D eigenvalue weighted by atomic mass is 9.76. The zero-order valence-electron chi connectivity index (χ0n) is 11.1. The molecule has 3 rings (SSSR count). The highest BCUT2D eigenvalue weighted by Crippen LogP contribution is 2.43. The molecule has 2 heteroatoms. The van der Waals surface area contributed by atoms with Crippen LogP contribution in [0.25, 0.3) is 0 Å². The van der Waals surface area contributed by atoms with Gasteiger partial charge in [0.1, 0.15) is 0 Å². The summed E-state index contributed by atoms with van der Waals surface area (Å²) in [7, 11) is 0. The van der Waals surface area contributed by atoms with Crippen LogP contribution in [0.3, 0.4) is 0 Å². The van der Waals surface area contributed by atoms with E-state index in [2.05, 4.69) is 37.3 Å². The normalized spacial score (nSPS) is 25.4. The number of benzene rings is 1. The molecule has 1 saturated carbocycles. The SMILES string of the molecule is CC(c1ccccc1)C1CCC2(CC1)OCCO2. The zero-order chi connectivity index (χ0) is 12.4. The van der Waals surface area contributed by atoms with Gasteiger partial charge in [-0.25, -0.2) is 0 Å². The van der Waals surface area contributed by atoms with Crippen molar-refractivity contribution >= 4 is 0 Å². The largest absolute Gasteiger partial charge is 0.348 e. The third-order valence-corrected chi connectivity index (χ3v) is 4.64. The van der Waals surface area contributed by atoms with E-state index in [9.17, 15) is 0 Å². The highest BCUT2D eigenvalue weighted by atomic mass is 16.7. The van der Waals surface area contributed by atoms with Crippen LogP contribution >= 0.6 is 0 Å². The van der Waals surface area contributed by atoms with Crippen molar-refractivity contribution in [3.05, 3.63) is 35.9 Å². The van der Waals surface area contributed by atoms with Crippen molar-refractivity contribution in [2.45, 2.75) is 44.3 Å². The summed E-state index contributed by atoms with van der Waals surface area (Å²) in [5.41, 5.74) is 1.46. The molecule has 1 aliphatic heterocycles. The summed E-state index contributed by atoms with van der Waals surface area (Å²) in [6.07, 6.45) is 4.57. The fourth-order valence-corrected chi connectivity index (χ4v) is 3.39. The minimum Gasteiger partial charge on any atom is -0.348 e. The van der Waals surface area contributed by atoms with Crippen molar-refractivity contribution in [2.24, 2.45) is 5.92 Å². The van der Waals surface area contributed by atoms with Gasteiger partial charge in [0.15, 0.2) is 5.79 Å². The molecule has 1 atom stereocenters. The van der Waals surface area contributed by atoms with Crippen LogP contribution in [0.5, 0.6) is 0 Å². The predicted molar refractivity (Wildman–Crippen MR) is 71.5 cm³/mol. The highest BCUT2D eigenvalue weighted by Gasteiger charge is 2.41. The summed E-state index contributed by atoms with van der Waals surface area (Å²) in [6, 6.07) is 10.9. The average molecular weight is 246 g/mol. The Balaban J connectivity index is 1.62. The lowest BCUT2D eigenvalue weighted by Gasteiger charge is -2.37. The minimum atomic E-state index is -0.215. The maximum absolute atomic E-state index is 5.79. The van der Waals surface area contributed by atoms with E-state index in [4.69, 9.17) is 9.47 Å². The fraction of sp³-hybridized carbons (Fsp3) is 0.625. The monoisotopic (exact) mass is 246 g/mol. The molecule has 1 aromatic rings. The van der Waals surface area contributed by atoms with Gasteiger partial charge in [0.2, 0.25) is 0 Å². The van der Waals surface area contributed by atoms with E-state index in [0.717, 1.165) is 32.0 Å². The van der Waals surface area contributed by atoms with Crippen molar-refractivity contribution < 1.29 is 9.47 Å². The molecule has 2 nitrogen and oxygen atoms in total. The first-order valence-corrected chi connectivity index (χ1v) is 7.12. The molecule has 0 N–H and O–H groups in total. The van der Waals surface area contributed by atoms with Gasteiger partial charge >= 0.3 is 0 Å². The van der Waals surface area contributed by atoms with Gasteiger partial charge in [-0.05, 0) is 30.2 Å². The summed E-state index contributed by atoms with van der Waals surface area (Å²) in [4.78, 5) is 0. The van der Waals surface area contributed by atoms with E-state index >= 15 is 0 Å². The molecular formula is C16H22O2.